The van der Waals surface area contributed by atoms with Crippen molar-refractivity contribution in [2.24, 2.45) is 5.18 Å². The topological polar surface area (TPSA) is 67.7 Å². The van der Waals surface area contributed by atoms with Gasteiger partial charge in [-0.2, -0.15) is 0 Å². The summed E-state index contributed by atoms with van der Waals surface area (Å²) < 4.78 is 5.21. The maximum Gasteiger partial charge on any atom is 0.201 e. The summed E-state index contributed by atoms with van der Waals surface area (Å²) in [6.45, 7) is 2.95. The van der Waals surface area contributed by atoms with Crippen molar-refractivity contribution in [2.45, 2.75) is 0 Å². The first-order valence-corrected chi connectivity index (χ1v) is 4.38. The molecule has 0 atom stereocenters. The second kappa shape index (κ2) is 4.10. The van der Waals surface area contributed by atoms with Crippen LogP contribution in [0.2, 0.25) is 0 Å². The Bertz CT molecular complexity index is 325. The number of anilines is 1. The molecule has 2 rings (SSSR count). The highest BCUT2D eigenvalue weighted by molar-refractivity contribution is 5.45. The van der Waals surface area contributed by atoms with Crippen LogP contribution in [0.5, 0.6) is 0 Å². The van der Waals surface area contributed by atoms with Gasteiger partial charge in [0.25, 0.3) is 0 Å². The van der Waals surface area contributed by atoms with Crippen molar-refractivity contribution in [3.8, 4) is 0 Å². The Morgan fingerprint density at radius 3 is 2.86 bits per heavy atom. The highest BCUT2D eigenvalue weighted by atomic mass is 16.5. The summed E-state index contributed by atoms with van der Waals surface area (Å²) in [5.41, 5.74) is 0. The van der Waals surface area contributed by atoms with Gasteiger partial charge in [0.05, 0.1) is 13.2 Å². The van der Waals surface area contributed by atoms with Crippen LogP contribution in [0.25, 0.3) is 0 Å². The lowest BCUT2D eigenvalue weighted by Crippen LogP contribution is -2.36. The molecular formula is C8H10N4O2. The van der Waals surface area contributed by atoms with Crippen molar-refractivity contribution < 1.29 is 4.74 Å². The van der Waals surface area contributed by atoms with Crippen LogP contribution in [0.1, 0.15) is 0 Å². The minimum absolute atomic E-state index is 0.168. The van der Waals surface area contributed by atoms with Crippen molar-refractivity contribution in [3.05, 3.63) is 17.3 Å². The van der Waals surface area contributed by atoms with E-state index in [1.54, 1.807) is 6.07 Å². The molecule has 6 heteroatoms. The minimum Gasteiger partial charge on any atom is -0.378 e. The fraction of sp³-hybridized carbons (Fsp3) is 0.500. The first-order chi connectivity index (χ1) is 6.90. The summed E-state index contributed by atoms with van der Waals surface area (Å²) in [6, 6.07) is 1.58. The third-order valence-corrected chi connectivity index (χ3v) is 2.07. The molecule has 6 nitrogen and oxygen atoms in total. The van der Waals surface area contributed by atoms with E-state index in [9.17, 15) is 4.91 Å². The van der Waals surface area contributed by atoms with E-state index in [0.29, 0.717) is 13.2 Å². The molecule has 0 bridgehead atoms. The van der Waals surface area contributed by atoms with Crippen LogP contribution in [0.15, 0.2) is 17.6 Å². The van der Waals surface area contributed by atoms with Crippen LogP contribution < -0.4 is 4.90 Å². The molecule has 1 aliphatic heterocycles. The van der Waals surface area contributed by atoms with E-state index in [1.165, 1.54) is 6.33 Å². The van der Waals surface area contributed by atoms with Crippen LogP contribution in [-0.2, 0) is 4.74 Å². The van der Waals surface area contributed by atoms with Crippen LogP contribution in [0, 0.1) is 4.91 Å². The van der Waals surface area contributed by atoms with E-state index in [-0.39, 0.29) is 5.82 Å². The highest BCUT2D eigenvalue weighted by Crippen LogP contribution is 2.16. The molecule has 0 saturated carbocycles. The first-order valence-electron chi connectivity index (χ1n) is 4.38. The van der Waals surface area contributed by atoms with E-state index < -0.39 is 0 Å². The van der Waals surface area contributed by atoms with Crippen molar-refractivity contribution in [1.29, 1.82) is 0 Å². The Morgan fingerprint density at radius 2 is 2.14 bits per heavy atom. The number of morpholine rings is 1. The maximum absolute atomic E-state index is 10.3. The minimum atomic E-state index is 0.168. The van der Waals surface area contributed by atoms with Gasteiger partial charge >= 0.3 is 0 Å². The average Bonchev–Trinajstić information content (AvgIpc) is 2.30. The maximum atomic E-state index is 10.3. The number of nitroso groups, excluding NO2 is 1. The molecule has 0 spiro atoms. The fourth-order valence-electron chi connectivity index (χ4n) is 1.35. The summed E-state index contributed by atoms with van der Waals surface area (Å²) in [7, 11) is 0. The van der Waals surface area contributed by atoms with E-state index >= 15 is 0 Å². The van der Waals surface area contributed by atoms with Gasteiger partial charge in [0, 0.05) is 19.2 Å². The van der Waals surface area contributed by atoms with Crippen molar-refractivity contribution in [1.82, 2.24) is 9.97 Å². The van der Waals surface area contributed by atoms with Crippen molar-refractivity contribution in [2.75, 3.05) is 31.2 Å². The van der Waals surface area contributed by atoms with Gasteiger partial charge in [0.2, 0.25) is 5.82 Å². The van der Waals surface area contributed by atoms with Gasteiger partial charge < -0.3 is 9.64 Å². The van der Waals surface area contributed by atoms with Crippen LogP contribution in [-0.4, -0.2) is 36.3 Å². The standard InChI is InChI=1S/C8H10N4O2/c13-11-7-5-8(10-6-9-7)12-1-3-14-4-2-12/h5-6H,1-4H2. The van der Waals surface area contributed by atoms with Gasteiger partial charge in [-0.3, -0.25) is 0 Å². The molecule has 1 fully saturated rings. The molecule has 1 aliphatic rings. The smallest absolute Gasteiger partial charge is 0.201 e. The number of hydrogen-bond donors (Lipinski definition) is 0. The quantitative estimate of drug-likeness (QED) is 0.648. The lowest BCUT2D eigenvalue weighted by molar-refractivity contribution is 0.122. The molecular weight excluding hydrogens is 184 g/mol. The van der Waals surface area contributed by atoms with Gasteiger partial charge in [-0.1, -0.05) is 0 Å². The first kappa shape index (κ1) is 9.01. The van der Waals surface area contributed by atoms with Crippen LogP contribution >= 0.6 is 0 Å². The molecule has 2 heterocycles. The van der Waals surface area contributed by atoms with Gasteiger partial charge in [-0.05, 0) is 5.18 Å². The largest absolute Gasteiger partial charge is 0.378 e. The number of hydrogen-bond acceptors (Lipinski definition) is 6. The Kier molecular flexibility index (Phi) is 2.64. The molecule has 1 aromatic rings. The lowest BCUT2D eigenvalue weighted by Gasteiger charge is -2.27. The SMILES string of the molecule is O=Nc1cc(N2CCOCC2)ncn1. The molecule has 74 valence electrons. The third-order valence-electron chi connectivity index (χ3n) is 2.07. The van der Waals surface area contributed by atoms with E-state index in [0.717, 1.165) is 18.9 Å². The summed E-state index contributed by atoms with van der Waals surface area (Å²) in [6.07, 6.45) is 1.35. The molecule has 0 aliphatic carbocycles. The molecule has 0 radical (unpaired) electrons. The second-order valence-electron chi connectivity index (χ2n) is 2.93. The summed E-state index contributed by atoms with van der Waals surface area (Å²) in [4.78, 5) is 20.1. The summed E-state index contributed by atoms with van der Waals surface area (Å²) in [5.74, 6) is 0.902. The Morgan fingerprint density at radius 1 is 1.36 bits per heavy atom. The molecule has 0 aromatic carbocycles. The predicted molar refractivity (Wildman–Crippen MR) is 50.5 cm³/mol. The van der Waals surface area contributed by atoms with Crippen LogP contribution in [0.3, 0.4) is 0 Å². The second-order valence-corrected chi connectivity index (χ2v) is 2.93. The summed E-state index contributed by atoms with van der Waals surface area (Å²) in [5, 5.41) is 2.77. The molecule has 0 unspecified atom stereocenters. The molecule has 1 saturated heterocycles. The number of ether oxygens (including phenoxy) is 1. The highest BCUT2D eigenvalue weighted by Gasteiger charge is 2.12. The van der Waals surface area contributed by atoms with E-state index in [4.69, 9.17) is 4.74 Å². The third kappa shape index (κ3) is 1.85. The zero-order valence-electron chi connectivity index (χ0n) is 7.59. The van der Waals surface area contributed by atoms with E-state index in [1.807, 2.05) is 4.90 Å². The lowest BCUT2D eigenvalue weighted by atomic mass is 10.4. The Labute approximate surface area is 80.9 Å². The zero-order chi connectivity index (χ0) is 9.80. The zero-order valence-corrected chi connectivity index (χ0v) is 7.59. The molecule has 0 amide bonds. The number of rotatable bonds is 2. The Hall–Kier alpha value is -1.56. The summed E-state index contributed by atoms with van der Waals surface area (Å²) >= 11 is 0. The van der Waals surface area contributed by atoms with Gasteiger partial charge in [0.1, 0.15) is 12.1 Å². The fourth-order valence-corrected chi connectivity index (χ4v) is 1.35. The van der Waals surface area contributed by atoms with Crippen molar-refractivity contribution >= 4 is 11.6 Å². The van der Waals surface area contributed by atoms with Gasteiger partial charge in [0.15, 0.2) is 0 Å². The van der Waals surface area contributed by atoms with Gasteiger partial charge in [-0.15, -0.1) is 4.91 Å². The number of aromatic nitrogens is 2. The molecule has 0 N–H and O–H groups in total. The Balaban J connectivity index is 2.17. The monoisotopic (exact) mass is 194 g/mol. The number of nitrogens with zero attached hydrogens (tertiary/aromatic N) is 4. The normalized spacial score (nSPS) is 16.7. The predicted octanol–water partition coefficient (Wildman–Crippen LogP) is 0.711. The molecule has 1 aromatic heterocycles. The van der Waals surface area contributed by atoms with Gasteiger partial charge in [-0.25, -0.2) is 9.97 Å². The van der Waals surface area contributed by atoms with Crippen LogP contribution in [0.4, 0.5) is 11.6 Å². The average molecular weight is 194 g/mol. The van der Waals surface area contributed by atoms with Crippen molar-refractivity contribution in [3.63, 3.8) is 0 Å². The molecule has 14 heavy (non-hydrogen) atoms. The van der Waals surface area contributed by atoms with E-state index in [2.05, 4.69) is 15.1 Å².